The molecule has 0 unspecified atom stereocenters. The molecular formula is C13H21ClN2O. The van der Waals surface area contributed by atoms with Crippen molar-refractivity contribution in [3.05, 3.63) is 17.8 Å². The number of ether oxygens (including phenoxy) is 1. The van der Waals surface area contributed by atoms with Crippen molar-refractivity contribution in [3.8, 4) is 5.88 Å². The van der Waals surface area contributed by atoms with Crippen LogP contribution in [0.15, 0.2) is 12.1 Å². The first kappa shape index (κ1) is 14.2. The number of hydrogen-bond donors (Lipinski definition) is 0. The second-order valence-electron chi connectivity index (χ2n) is 4.11. The maximum atomic E-state index is 5.62. The summed E-state index contributed by atoms with van der Waals surface area (Å²) in [6.45, 7) is 2.95. The summed E-state index contributed by atoms with van der Waals surface area (Å²) >= 11 is 5.62. The lowest BCUT2D eigenvalue weighted by Gasteiger charge is -2.04. The van der Waals surface area contributed by atoms with Crippen molar-refractivity contribution in [1.82, 2.24) is 10.2 Å². The number of rotatable bonds is 9. The van der Waals surface area contributed by atoms with Gasteiger partial charge in [-0.2, -0.15) is 5.10 Å². The van der Waals surface area contributed by atoms with Gasteiger partial charge in [0.2, 0.25) is 5.88 Å². The highest BCUT2D eigenvalue weighted by Gasteiger charge is 1.97. The number of halogens is 1. The minimum absolute atomic E-state index is 0.394. The summed E-state index contributed by atoms with van der Waals surface area (Å²) < 4.78 is 5.50. The molecule has 0 saturated heterocycles. The Balaban J connectivity index is 2.05. The summed E-state index contributed by atoms with van der Waals surface area (Å²) in [5.74, 6) is 0.984. The molecule has 0 atom stereocenters. The molecule has 0 fully saturated rings. The van der Waals surface area contributed by atoms with Gasteiger partial charge in [0.1, 0.15) is 0 Å². The predicted octanol–water partition coefficient (Wildman–Crippen LogP) is 3.95. The first-order valence-electron chi connectivity index (χ1n) is 6.38. The van der Waals surface area contributed by atoms with Gasteiger partial charge in [-0.25, -0.2) is 0 Å². The molecule has 0 aliphatic rings. The van der Waals surface area contributed by atoms with Crippen molar-refractivity contribution in [2.45, 2.75) is 51.3 Å². The summed E-state index contributed by atoms with van der Waals surface area (Å²) in [6.07, 6.45) is 7.58. The van der Waals surface area contributed by atoms with E-state index in [-0.39, 0.29) is 0 Å². The largest absolute Gasteiger partial charge is 0.477 e. The van der Waals surface area contributed by atoms with Crippen molar-refractivity contribution < 1.29 is 4.74 Å². The Kier molecular flexibility index (Phi) is 7.72. The number of nitrogens with zero attached hydrogens (tertiary/aromatic N) is 2. The zero-order chi connectivity index (χ0) is 12.3. The van der Waals surface area contributed by atoms with Gasteiger partial charge in [0.15, 0.2) is 0 Å². The van der Waals surface area contributed by atoms with Crippen LogP contribution in [-0.2, 0) is 5.88 Å². The van der Waals surface area contributed by atoms with E-state index in [9.17, 15) is 0 Å². The van der Waals surface area contributed by atoms with E-state index >= 15 is 0 Å². The third-order valence-electron chi connectivity index (χ3n) is 2.58. The van der Waals surface area contributed by atoms with Crippen LogP contribution in [0.25, 0.3) is 0 Å². The van der Waals surface area contributed by atoms with Crippen LogP contribution in [-0.4, -0.2) is 16.8 Å². The van der Waals surface area contributed by atoms with Gasteiger partial charge < -0.3 is 4.74 Å². The van der Waals surface area contributed by atoms with Gasteiger partial charge >= 0.3 is 0 Å². The van der Waals surface area contributed by atoms with E-state index in [0.717, 1.165) is 18.7 Å². The van der Waals surface area contributed by atoms with Crippen LogP contribution in [0.5, 0.6) is 5.88 Å². The molecule has 0 bridgehead atoms. The van der Waals surface area contributed by atoms with E-state index < -0.39 is 0 Å². The van der Waals surface area contributed by atoms with Gasteiger partial charge in [-0.3, -0.25) is 0 Å². The highest BCUT2D eigenvalue weighted by atomic mass is 35.5. The minimum atomic E-state index is 0.394. The molecule has 4 heteroatoms. The number of hydrogen-bond acceptors (Lipinski definition) is 3. The topological polar surface area (TPSA) is 35.0 Å². The predicted molar refractivity (Wildman–Crippen MR) is 70.5 cm³/mol. The molecule has 96 valence electrons. The molecule has 0 aromatic carbocycles. The van der Waals surface area contributed by atoms with Crippen LogP contribution in [0.4, 0.5) is 0 Å². The van der Waals surface area contributed by atoms with E-state index in [4.69, 9.17) is 16.3 Å². The lowest BCUT2D eigenvalue weighted by molar-refractivity contribution is 0.289. The molecule has 17 heavy (non-hydrogen) atoms. The Morgan fingerprint density at radius 1 is 1.06 bits per heavy atom. The molecule has 0 amide bonds. The fraction of sp³-hybridized carbons (Fsp3) is 0.692. The molecule has 3 nitrogen and oxygen atoms in total. The average molecular weight is 257 g/mol. The van der Waals surface area contributed by atoms with Crippen LogP contribution >= 0.6 is 11.6 Å². The quantitative estimate of drug-likeness (QED) is 0.496. The summed E-state index contributed by atoms with van der Waals surface area (Å²) in [7, 11) is 0. The van der Waals surface area contributed by atoms with Gasteiger partial charge in [0, 0.05) is 6.07 Å². The van der Waals surface area contributed by atoms with Gasteiger partial charge in [-0.05, 0) is 12.5 Å². The monoisotopic (exact) mass is 256 g/mol. The normalized spacial score (nSPS) is 10.5. The summed E-state index contributed by atoms with van der Waals surface area (Å²) in [4.78, 5) is 0. The Morgan fingerprint density at radius 2 is 1.82 bits per heavy atom. The van der Waals surface area contributed by atoms with Crippen LogP contribution in [0.1, 0.15) is 51.1 Å². The molecule has 1 heterocycles. The second kappa shape index (κ2) is 9.23. The van der Waals surface area contributed by atoms with Gasteiger partial charge in [-0.15, -0.1) is 16.7 Å². The molecule has 0 N–H and O–H groups in total. The highest BCUT2D eigenvalue weighted by Crippen LogP contribution is 2.09. The zero-order valence-electron chi connectivity index (χ0n) is 10.5. The molecule has 0 aliphatic heterocycles. The van der Waals surface area contributed by atoms with Gasteiger partial charge in [0.25, 0.3) is 0 Å². The molecule has 1 aromatic rings. The minimum Gasteiger partial charge on any atom is -0.477 e. The van der Waals surface area contributed by atoms with Gasteiger partial charge in [0.05, 0.1) is 18.2 Å². The Labute approximate surface area is 109 Å². The molecule has 0 radical (unpaired) electrons. The lowest BCUT2D eigenvalue weighted by Crippen LogP contribution is -2.00. The van der Waals surface area contributed by atoms with Crippen molar-refractivity contribution in [2.24, 2.45) is 0 Å². The Bertz CT molecular complexity index is 290. The van der Waals surface area contributed by atoms with Crippen LogP contribution in [0, 0.1) is 0 Å². The van der Waals surface area contributed by atoms with Crippen molar-refractivity contribution in [3.63, 3.8) is 0 Å². The van der Waals surface area contributed by atoms with E-state index in [1.807, 2.05) is 12.1 Å². The lowest BCUT2D eigenvalue weighted by atomic mass is 10.1. The Morgan fingerprint density at radius 3 is 2.47 bits per heavy atom. The maximum Gasteiger partial charge on any atom is 0.233 e. The fourth-order valence-electron chi connectivity index (χ4n) is 1.56. The molecular weight excluding hydrogens is 236 g/mol. The van der Waals surface area contributed by atoms with Crippen molar-refractivity contribution in [1.29, 1.82) is 0 Å². The number of unbranched alkanes of at least 4 members (excludes halogenated alkanes) is 5. The van der Waals surface area contributed by atoms with Gasteiger partial charge in [-0.1, -0.05) is 39.0 Å². The van der Waals surface area contributed by atoms with E-state index in [0.29, 0.717) is 11.8 Å². The van der Waals surface area contributed by atoms with Crippen LogP contribution in [0.3, 0.4) is 0 Å². The first-order chi connectivity index (χ1) is 8.36. The molecule has 1 aromatic heterocycles. The molecule has 0 saturated carbocycles. The second-order valence-corrected chi connectivity index (χ2v) is 4.38. The fourth-order valence-corrected chi connectivity index (χ4v) is 1.70. The zero-order valence-corrected chi connectivity index (χ0v) is 11.2. The average Bonchev–Trinajstić information content (AvgIpc) is 2.38. The molecule has 1 rings (SSSR count). The van der Waals surface area contributed by atoms with Crippen LogP contribution < -0.4 is 4.74 Å². The summed E-state index contributed by atoms with van der Waals surface area (Å²) in [6, 6.07) is 3.67. The third kappa shape index (κ3) is 6.47. The SMILES string of the molecule is CCCCCCCCOc1ccc(CCl)nn1. The number of aromatic nitrogens is 2. The number of alkyl halides is 1. The molecule has 0 aliphatic carbocycles. The van der Waals surface area contributed by atoms with E-state index in [1.165, 1.54) is 32.1 Å². The smallest absolute Gasteiger partial charge is 0.233 e. The van der Waals surface area contributed by atoms with Crippen molar-refractivity contribution in [2.75, 3.05) is 6.61 Å². The summed E-state index contributed by atoms with van der Waals surface area (Å²) in [5, 5.41) is 7.87. The highest BCUT2D eigenvalue weighted by molar-refractivity contribution is 6.16. The third-order valence-corrected chi connectivity index (χ3v) is 2.85. The standard InChI is InChI=1S/C13H21ClN2O/c1-2-3-4-5-6-7-10-17-13-9-8-12(11-14)15-16-13/h8-9H,2-7,10-11H2,1H3. The first-order valence-corrected chi connectivity index (χ1v) is 6.91. The van der Waals surface area contributed by atoms with Crippen LogP contribution in [0.2, 0.25) is 0 Å². The molecule has 0 spiro atoms. The van der Waals surface area contributed by atoms with E-state index in [1.54, 1.807) is 0 Å². The van der Waals surface area contributed by atoms with Crippen molar-refractivity contribution >= 4 is 11.6 Å². The maximum absolute atomic E-state index is 5.62. The van der Waals surface area contributed by atoms with E-state index in [2.05, 4.69) is 17.1 Å². The summed E-state index contributed by atoms with van der Waals surface area (Å²) in [5.41, 5.74) is 0.776. The Hall–Kier alpha value is -0.830.